The van der Waals surface area contributed by atoms with E-state index in [9.17, 15) is 5.26 Å². The maximum absolute atomic E-state index is 9.74. The van der Waals surface area contributed by atoms with Crippen molar-refractivity contribution in [2.24, 2.45) is 11.8 Å². The maximum Gasteiger partial charge on any atom is 0.207 e. The molecule has 0 aromatic carbocycles. The first-order valence-electron chi connectivity index (χ1n) is 12.9. The molecule has 3 fully saturated rings. The zero-order valence-corrected chi connectivity index (χ0v) is 20.9. The SMILES string of the molecule is CC1CCC(Cn2c(N3CCO[C@@H]4CCC[C@H]43)nc3cc(C#N)nc(-c4cncc(Cl)c4)c32)CC1. The fraction of sp³-hybridized carbons (Fsp3) is 0.556. The van der Waals surface area contributed by atoms with E-state index in [1.807, 2.05) is 12.1 Å². The van der Waals surface area contributed by atoms with Gasteiger partial charge >= 0.3 is 0 Å². The van der Waals surface area contributed by atoms with E-state index in [2.05, 4.69) is 27.4 Å². The molecule has 4 heterocycles. The molecular formula is C27H31ClN6O. The summed E-state index contributed by atoms with van der Waals surface area (Å²) in [5.41, 5.74) is 3.68. The Morgan fingerprint density at radius 2 is 1.97 bits per heavy atom. The number of anilines is 1. The van der Waals surface area contributed by atoms with Gasteiger partial charge in [-0.1, -0.05) is 31.4 Å². The van der Waals surface area contributed by atoms with Crippen LogP contribution in [0.4, 0.5) is 5.95 Å². The summed E-state index contributed by atoms with van der Waals surface area (Å²) in [6.07, 6.45) is 12.1. The standard InChI is InChI=1S/C27H31ClN6O/c1-17-5-7-18(8-6-17)16-34-26-22(32-27(34)33-9-10-35-24-4-2-3-23(24)33)12-21(13-29)31-25(26)19-11-20(28)15-30-14-19/h11-12,14-15,17-18,23-24H,2-10,16H2,1H3/t17?,18?,23-,24-/m1/s1. The van der Waals surface area contributed by atoms with Crippen molar-refractivity contribution in [1.29, 1.82) is 5.26 Å². The van der Waals surface area contributed by atoms with E-state index in [-0.39, 0.29) is 6.10 Å². The lowest BCUT2D eigenvalue weighted by Crippen LogP contribution is -2.49. The number of aromatic nitrogens is 4. The highest BCUT2D eigenvalue weighted by Crippen LogP contribution is 2.39. The van der Waals surface area contributed by atoms with Crippen LogP contribution in [0.15, 0.2) is 24.5 Å². The fourth-order valence-corrected chi connectivity index (χ4v) is 6.45. The minimum Gasteiger partial charge on any atom is -0.374 e. The number of morpholine rings is 1. The molecule has 2 saturated carbocycles. The minimum absolute atomic E-state index is 0.275. The number of nitrogens with zero attached hydrogens (tertiary/aromatic N) is 6. The number of imidazole rings is 1. The third-order valence-corrected chi connectivity index (χ3v) is 8.32. The van der Waals surface area contributed by atoms with Gasteiger partial charge in [0.1, 0.15) is 11.8 Å². The van der Waals surface area contributed by atoms with Gasteiger partial charge in [-0.2, -0.15) is 5.26 Å². The summed E-state index contributed by atoms with van der Waals surface area (Å²) in [5.74, 6) is 2.40. The van der Waals surface area contributed by atoms with Crippen LogP contribution in [0.5, 0.6) is 0 Å². The second-order valence-corrected chi connectivity index (χ2v) is 10.9. The Hall–Kier alpha value is -2.69. The molecule has 0 N–H and O–H groups in total. The predicted molar refractivity (Wildman–Crippen MR) is 136 cm³/mol. The molecule has 3 aliphatic rings. The summed E-state index contributed by atoms with van der Waals surface area (Å²) < 4.78 is 8.50. The van der Waals surface area contributed by atoms with Gasteiger partial charge in [0, 0.05) is 37.1 Å². The topological polar surface area (TPSA) is 79.9 Å². The van der Waals surface area contributed by atoms with Crippen molar-refractivity contribution in [1.82, 2.24) is 19.5 Å². The molecule has 3 aromatic heterocycles. The third-order valence-electron chi connectivity index (χ3n) is 8.11. The molecule has 0 bridgehead atoms. The normalized spacial score (nSPS) is 26.6. The van der Waals surface area contributed by atoms with Gasteiger partial charge in [0.25, 0.3) is 0 Å². The molecule has 2 atom stereocenters. The first kappa shape index (κ1) is 22.8. The number of halogens is 1. The van der Waals surface area contributed by atoms with E-state index in [1.54, 1.807) is 12.4 Å². The number of pyridine rings is 2. The molecule has 0 unspecified atom stereocenters. The van der Waals surface area contributed by atoms with E-state index in [1.165, 1.54) is 32.1 Å². The van der Waals surface area contributed by atoms with Crippen molar-refractivity contribution < 1.29 is 4.74 Å². The van der Waals surface area contributed by atoms with Crippen molar-refractivity contribution in [2.75, 3.05) is 18.1 Å². The predicted octanol–water partition coefficient (Wildman–Crippen LogP) is 5.60. The largest absolute Gasteiger partial charge is 0.374 e. The van der Waals surface area contributed by atoms with Crippen LogP contribution in [0.2, 0.25) is 5.02 Å². The van der Waals surface area contributed by atoms with E-state index >= 15 is 0 Å². The van der Waals surface area contributed by atoms with Crippen LogP contribution in [-0.4, -0.2) is 44.8 Å². The molecule has 7 nitrogen and oxygen atoms in total. The Labute approximate surface area is 211 Å². The lowest BCUT2D eigenvalue weighted by atomic mass is 9.83. The molecule has 0 radical (unpaired) electrons. The molecule has 0 amide bonds. The van der Waals surface area contributed by atoms with Crippen LogP contribution < -0.4 is 4.90 Å². The molecule has 8 heteroatoms. The van der Waals surface area contributed by atoms with Crippen molar-refractivity contribution in [3.8, 4) is 17.3 Å². The summed E-state index contributed by atoms with van der Waals surface area (Å²) in [6, 6.07) is 6.28. The van der Waals surface area contributed by atoms with Crippen LogP contribution in [0.25, 0.3) is 22.3 Å². The van der Waals surface area contributed by atoms with Crippen molar-refractivity contribution in [3.63, 3.8) is 0 Å². The average Bonchev–Trinajstić information content (AvgIpc) is 3.49. The Kier molecular flexibility index (Phi) is 6.11. The van der Waals surface area contributed by atoms with Gasteiger partial charge in [-0.3, -0.25) is 4.98 Å². The first-order chi connectivity index (χ1) is 17.1. The van der Waals surface area contributed by atoms with Crippen LogP contribution in [0, 0.1) is 23.2 Å². The van der Waals surface area contributed by atoms with E-state index in [0.29, 0.717) is 22.7 Å². The number of hydrogen-bond donors (Lipinski definition) is 0. The monoisotopic (exact) mass is 490 g/mol. The third kappa shape index (κ3) is 4.28. The van der Waals surface area contributed by atoms with Crippen LogP contribution >= 0.6 is 11.6 Å². The van der Waals surface area contributed by atoms with Gasteiger partial charge in [0.2, 0.25) is 5.95 Å². The summed E-state index contributed by atoms with van der Waals surface area (Å²) in [5, 5.41) is 10.3. The fourth-order valence-electron chi connectivity index (χ4n) is 6.28. The van der Waals surface area contributed by atoms with Gasteiger partial charge in [-0.15, -0.1) is 0 Å². The second-order valence-electron chi connectivity index (χ2n) is 10.5. The molecule has 35 heavy (non-hydrogen) atoms. The lowest BCUT2D eigenvalue weighted by molar-refractivity contribution is 0.0247. The van der Waals surface area contributed by atoms with E-state index < -0.39 is 0 Å². The highest BCUT2D eigenvalue weighted by Gasteiger charge is 2.39. The lowest BCUT2D eigenvalue weighted by Gasteiger charge is -2.39. The molecule has 182 valence electrons. The smallest absolute Gasteiger partial charge is 0.207 e. The van der Waals surface area contributed by atoms with E-state index in [4.69, 9.17) is 26.3 Å². The number of ether oxygens (including phenoxy) is 1. The molecule has 0 spiro atoms. The Balaban J connectivity index is 1.53. The summed E-state index contributed by atoms with van der Waals surface area (Å²) in [7, 11) is 0. The van der Waals surface area contributed by atoms with Crippen LogP contribution in [0.3, 0.4) is 0 Å². The van der Waals surface area contributed by atoms with Gasteiger partial charge in [-0.05, 0) is 50.0 Å². The van der Waals surface area contributed by atoms with E-state index in [0.717, 1.165) is 66.7 Å². The molecule has 2 aliphatic carbocycles. The van der Waals surface area contributed by atoms with Gasteiger partial charge in [0.15, 0.2) is 0 Å². The van der Waals surface area contributed by atoms with Crippen LogP contribution in [-0.2, 0) is 11.3 Å². The summed E-state index contributed by atoms with van der Waals surface area (Å²) >= 11 is 6.32. The molecule has 3 aromatic rings. The highest BCUT2D eigenvalue weighted by molar-refractivity contribution is 6.30. The zero-order chi connectivity index (χ0) is 23.9. The molecular weight excluding hydrogens is 460 g/mol. The van der Waals surface area contributed by atoms with Gasteiger partial charge < -0.3 is 14.2 Å². The van der Waals surface area contributed by atoms with Gasteiger partial charge in [0.05, 0.1) is 40.5 Å². The van der Waals surface area contributed by atoms with Gasteiger partial charge in [-0.25, -0.2) is 9.97 Å². The highest BCUT2D eigenvalue weighted by atomic mass is 35.5. The van der Waals surface area contributed by atoms with Crippen LogP contribution in [0.1, 0.15) is 57.6 Å². The summed E-state index contributed by atoms with van der Waals surface area (Å²) in [6.45, 7) is 4.82. The minimum atomic E-state index is 0.275. The van der Waals surface area contributed by atoms with Crippen molar-refractivity contribution in [2.45, 2.75) is 70.6 Å². The molecule has 1 aliphatic heterocycles. The maximum atomic E-state index is 9.74. The Morgan fingerprint density at radius 1 is 1.11 bits per heavy atom. The average molecular weight is 491 g/mol. The van der Waals surface area contributed by atoms with Crippen molar-refractivity contribution >= 4 is 28.6 Å². The zero-order valence-electron chi connectivity index (χ0n) is 20.2. The quantitative estimate of drug-likeness (QED) is 0.473. The molecule has 1 saturated heterocycles. The molecule has 6 rings (SSSR count). The number of hydrogen-bond acceptors (Lipinski definition) is 6. The van der Waals surface area contributed by atoms with Crippen molar-refractivity contribution in [3.05, 3.63) is 35.2 Å². The second kappa shape index (κ2) is 9.40. The summed E-state index contributed by atoms with van der Waals surface area (Å²) in [4.78, 5) is 16.7. The Bertz CT molecular complexity index is 1270. The number of nitriles is 1. The number of rotatable bonds is 4. The Morgan fingerprint density at radius 3 is 2.77 bits per heavy atom. The first-order valence-corrected chi connectivity index (χ1v) is 13.3. The number of fused-ring (bicyclic) bond motifs is 2.